The number of β-amino-alcohol motifs (C(OH)–C–C–N with tert-alkyl or cyclic N) is 1. The molecule has 1 saturated heterocycles. The lowest BCUT2D eigenvalue weighted by molar-refractivity contribution is 0.189. The summed E-state index contributed by atoms with van der Waals surface area (Å²) in [4.78, 5) is 8.52. The van der Waals surface area contributed by atoms with Gasteiger partial charge < -0.3 is 15.7 Å². The molecule has 5 nitrogen and oxygen atoms in total. The summed E-state index contributed by atoms with van der Waals surface area (Å²) in [5.74, 6) is 0. The number of piperazine rings is 1. The Bertz CT molecular complexity index is 337. The van der Waals surface area contributed by atoms with E-state index in [1.807, 2.05) is 6.07 Å². The zero-order valence-corrected chi connectivity index (χ0v) is 9.34. The molecule has 1 aliphatic heterocycles. The van der Waals surface area contributed by atoms with Crippen molar-refractivity contribution in [2.75, 3.05) is 50.0 Å². The zero-order valence-electron chi connectivity index (χ0n) is 9.34. The monoisotopic (exact) mass is 222 g/mol. The quantitative estimate of drug-likeness (QED) is 0.740. The van der Waals surface area contributed by atoms with Gasteiger partial charge in [-0.25, -0.2) is 0 Å². The highest BCUT2D eigenvalue weighted by Crippen LogP contribution is 2.22. The average molecular weight is 222 g/mol. The third kappa shape index (κ3) is 2.43. The summed E-state index contributed by atoms with van der Waals surface area (Å²) in [6.07, 6.45) is 3.46. The molecule has 0 amide bonds. The highest BCUT2D eigenvalue weighted by Gasteiger charge is 2.17. The molecule has 0 aliphatic carbocycles. The number of pyridine rings is 1. The summed E-state index contributed by atoms with van der Waals surface area (Å²) in [7, 11) is 0. The first-order chi connectivity index (χ1) is 7.81. The van der Waals surface area contributed by atoms with E-state index in [0.29, 0.717) is 0 Å². The predicted molar refractivity (Wildman–Crippen MR) is 64.4 cm³/mol. The summed E-state index contributed by atoms with van der Waals surface area (Å²) in [6, 6.07) is 1.96. The van der Waals surface area contributed by atoms with E-state index in [1.165, 1.54) is 0 Å². The van der Waals surface area contributed by atoms with Gasteiger partial charge >= 0.3 is 0 Å². The van der Waals surface area contributed by atoms with E-state index < -0.39 is 0 Å². The van der Waals surface area contributed by atoms with Crippen LogP contribution in [0.5, 0.6) is 0 Å². The zero-order chi connectivity index (χ0) is 11.4. The molecule has 1 aliphatic rings. The molecule has 0 spiro atoms. The molecule has 88 valence electrons. The van der Waals surface area contributed by atoms with Gasteiger partial charge in [0.1, 0.15) is 0 Å². The van der Waals surface area contributed by atoms with Crippen molar-refractivity contribution >= 4 is 11.4 Å². The number of anilines is 2. The van der Waals surface area contributed by atoms with Crippen molar-refractivity contribution in [3.05, 3.63) is 18.5 Å². The Morgan fingerprint density at radius 2 is 2.06 bits per heavy atom. The van der Waals surface area contributed by atoms with E-state index in [-0.39, 0.29) is 6.61 Å². The Balaban J connectivity index is 1.96. The lowest BCUT2D eigenvalue weighted by Gasteiger charge is -2.36. The molecule has 0 unspecified atom stereocenters. The molecular weight excluding hydrogens is 204 g/mol. The van der Waals surface area contributed by atoms with E-state index in [0.717, 1.165) is 44.1 Å². The summed E-state index contributed by atoms with van der Waals surface area (Å²) < 4.78 is 0. The maximum atomic E-state index is 8.86. The third-order valence-corrected chi connectivity index (χ3v) is 2.96. The van der Waals surface area contributed by atoms with Crippen molar-refractivity contribution in [1.29, 1.82) is 0 Å². The molecule has 5 heteroatoms. The third-order valence-electron chi connectivity index (χ3n) is 2.96. The van der Waals surface area contributed by atoms with Crippen LogP contribution in [-0.2, 0) is 0 Å². The van der Waals surface area contributed by atoms with Crippen molar-refractivity contribution in [3.63, 3.8) is 0 Å². The molecule has 1 aromatic rings. The minimum Gasteiger partial charge on any atom is -0.396 e. The minimum atomic E-state index is 0.234. The highest BCUT2D eigenvalue weighted by atomic mass is 16.3. The van der Waals surface area contributed by atoms with Crippen LogP contribution in [0.15, 0.2) is 18.5 Å². The van der Waals surface area contributed by atoms with Gasteiger partial charge in [-0.15, -0.1) is 0 Å². The maximum absolute atomic E-state index is 8.86. The number of nitrogens with two attached hydrogens (primary N) is 1. The van der Waals surface area contributed by atoms with Gasteiger partial charge in [-0.05, 0) is 6.07 Å². The van der Waals surface area contributed by atoms with Crippen LogP contribution < -0.4 is 10.6 Å². The Morgan fingerprint density at radius 1 is 1.31 bits per heavy atom. The molecule has 0 aromatic carbocycles. The fraction of sp³-hybridized carbons (Fsp3) is 0.545. The second-order valence-electron chi connectivity index (χ2n) is 3.99. The second-order valence-corrected chi connectivity index (χ2v) is 3.99. The topological polar surface area (TPSA) is 65.6 Å². The lowest BCUT2D eigenvalue weighted by Crippen LogP contribution is -2.47. The van der Waals surface area contributed by atoms with Gasteiger partial charge in [0.25, 0.3) is 0 Å². The highest BCUT2D eigenvalue weighted by molar-refractivity contribution is 5.66. The summed E-state index contributed by atoms with van der Waals surface area (Å²) in [6.45, 7) is 4.85. The molecule has 2 heterocycles. The van der Waals surface area contributed by atoms with Gasteiger partial charge in [-0.2, -0.15) is 0 Å². The molecule has 1 aromatic heterocycles. The Labute approximate surface area is 95.5 Å². The number of nitrogens with zero attached hydrogens (tertiary/aromatic N) is 3. The van der Waals surface area contributed by atoms with Crippen LogP contribution in [0.1, 0.15) is 0 Å². The van der Waals surface area contributed by atoms with Gasteiger partial charge in [-0.3, -0.25) is 9.88 Å². The van der Waals surface area contributed by atoms with Gasteiger partial charge in [0.15, 0.2) is 0 Å². The molecule has 2 rings (SSSR count). The summed E-state index contributed by atoms with van der Waals surface area (Å²) >= 11 is 0. The molecule has 0 bridgehead atoms. The summed E-state index contributed by atoms with van der Waals surface area (Å²) in [5, 5.41) is 8.86. The first kappa shape index (κ1) is 11.2. The predicted octanol–water partition coefficient (Wildman–Crippen LogP) is -0.222. The van der Waals surface area contributed by atoms with Gasteiger partial charge in [0.05, 0.1) is 24.2 Å². The number of rotatable bonds is 3. The molecule has 0 saturated carbocycles. The van der Waals surface area contributed by atoms with Crippen LogP contribution in [0.3, 0.4) is 0 Å². The second kappa shape index (κ2) is 5.14. The smallest absolute Gasteiger partial charge is 0.0738 e. The molecule has 0 radical (unpaired) electrons. The number of hydrogen-bond acceptors (Lipinski definition) is 5. The van der Waals surface area contributed by atoms with Crippen LogP contribution in [0, 0.1) is 0 Å². The Kier molecular flexibility index (Phi) is 3.58. The molecule has 3 N–H and O–H groups in total. The SMILES string of the molecule is Nc1cnccc1N1CCN(CCO)CC1. The number of aliphatic hydroxyl groups excluding tert-OH is 1. The molecule has 16 heavy (non-hydrogen) atoms. The van der Waals surface area contributed by atoms with Crippen molar-refractivity contribution in [2.24, 2.45) is 0 Å². The van der Waals surface area contributed by atoms with Crippen LogP contribution in [0.25, 0.3) is 0 Å². The molecule has 0 atom stereocenters. The van der Waals surface area contributed by atoms with Crippen LogP contribution >= 0.6 is 0 Å². The summed E-state index contributed by atoms with van der Waals surface area (Å²) in [5.41, 5.74) is 7.69. The number of aliphatic hydroxyl groups is 1. The van der Waals surface area contributed by atoms with Crippen molar-refractivity contribution in [2.45, 2.75) is 0 Å². The van der Waals surface area contributed by atoms with E-state index in [1.54, 1.807) is 12.4 Å². The van der Waals surface area contributed by atoms with E-state index in [4.69, 9.17) is 10.8 Å². The molecule has 1 fully saturated rings. The van der Waals surface area contributed by atoms with Crippen molar-refractivity contribution < 1.29 is 5.11 Å². The van der Waals surface area contributed by atoms with E-state index >= 15 is 0 Å². The normalized spacial score (nSPS) is 17.7. The van der Waals surface area contributed by atoms with Gasteiger partial charge in [0, 0.05) is 38.9 Å². The van der Waals surface area contributed by atoms with Crippen LogP contribution in [0.4, 0.5) is 11.4 Å². The van der Waals surface area contributed by atoms with Crippen molar-refractivity contribution in [1.82, 2.24) is 9.88 Å². The van der Waals surface area contributed by atoms with E-state index in [9.17, 15) is 0 Å². The number of hydrogen-bond donors (Lipinski definition) is 2. The van der Waals surface area contributed by atoms with Gasteiger partial charge in [0.2, 0.25) is 0 Å². The minimum absolute atomic E-state index is 0.234. The van der Waals surface area contributed by atoms with Crippen LogP contribution in [0.2, 0.25) is 0 Å². The Hall–Kier alpha value is -1.33. The van der Waals surface area contributed by atoms with Gasteiger partial charge in [-0.1, -0.05) is 0 Å². The fourth-order valence-corrected chi connectivity index (χ4v) is 2.04. The average Bonchev–Trinajstić information content (AvgIpc) is 2.31. The van der Waals surface area contributed by atoms with Crippen LogP contribution in [-0.4, -0.2) is 54.3 Å². The Morgan fingerprint density at radius 3 is 2.69 bits per heavy atom. The number of nitrogen functional groups attached to an aromatic ring is 1. The standard InChI is InChI=1S/C11H18N4O/c12-10-9-13-2-1-11(10)15-5-3-14(4-6-15)7-8-16/h1-2,9,16H,3-8,12H2. The maximum Gasteiger partial charge on any atom is 0.0738 e. The number of aromatic nitrogens is 1. The largest absolute Gasteiger partial charge is 0.396 e. The first-order valence-electron chi connectivity index (χ1n) is 5.59. The molecular formula is C11H18N4O. The lowest BCUT2D eigenvalue weighted by atomic mass is 10.2. The fourth-order valence-electron chi connectivity index (χ4n) is 2.04. The van der Waals surface area contributed by atoms with Crippen molar-refractivity contribution in [3.8, 4) is 0 Å². The van der Waals surface area contributed by atoms with E-state index in [2.05, 4.69) is 14.8 Å². The first-order valence-corrected chi connectivity index (χ1v) is 5.59.